The lowest BCUT2D eigenvalue weighted by Gasteiger charge is -2.29. The molecule has 2 aromatic rings. The highest BCUT2D eigenvalue weighted by Gasteiger charge is 2.25. The SMILES string of the molecule is CC(C)[C@H](O)[C@@H](CN(C)C)c1cccc2ccccc12. The van der Waals surface area contributed by atoms with E-state index in [0.29, 0.717) is 0 Å². The molecule has 2 heteroatoms. The number of rotatable bonds is 5. The van der Waals surface area contributed by atoms with Crippen LogP contribution in [-0.2, 0) is 0 Å². The molecular formula is C18H25NO. The van der Waals surface area contributed by atoms with Crippen LogP contribution in [0.25, 0.3) is 10.8 Å². The lowest BCUT2D eigenvalue weighted by Crippen LogP contribution is -2.32. The van der Waals surface area contributed by atoms with Gasteiger partial charge in [0.25, 0.3) is 0 Å². The molecule has 1 N–H and O–H groups in total. The van der Waals surface area contributed by atoms with Crippen LogP contribution < -0.4 is 0 Å². The molecule has 0 unspecified atom stereocenters. The summed E-state index contributed by atoms with van der Waals surface area (Å²) < 4.78 is 0. The Labute approximate surface area is 122 Å². The van der Waals surface area contributed by atoms with Gasteiger partial charge >= 0.3 is 0 Å². The minimum Gasteiger partial charge on any atom is -0.392 e. The first-order chi connectivity index (χ1) is 9.50. The van der Waals surface area contributed by atoms with E-state index in [9.17, 15) is 5.11 Å². The van der Waals surface area contributed by atoms with Gasteiger partial charge in [0.05, 0.1) is 6.10 Å². The molecule has 0 amide bonds. The normalized spacial score (nSPS) is 14.9. The summed E-state index contributed by atoms with van der Waals surface area (Å²) in [4.78, 5) is 2.15. The number of hydrogen-bond donors (Lipinski definition) is 1. The van der Waals surface area contributed by atoms with Crippen molar-refractivity contribution >= 4 is 10.8 Å². The Morgan fingerprint density at radius 1 is 1.00 bits per heavy atom. The summed E-state index contributed by atoms with van der Waals surface area (Å²) in [6.07, 6.45) is -0.330. The molecule has 108 valence electrons. The second-order valence-corrected chi connectivity index (χ2v) is 6.17. The molecule has 0 aliphatic carbocycles. The van der Waals surface area contributed by atoms with E-state index in [0.717, 1.165) is 6.54 Å². The summed E-state index contributed by atoms with van der Waals surface area (Å²) in [5, 5.41) is 13.1. The minimum absolute atomic E-state index is 0.135. The Kier molecular flexibility index (Phi) is 4.79. The molecule has 0 bridgehead atoms. The molecule has 0 fully saturated rings. The van der Waals surface area contributed by atoms with E-state index in [1.807, 2.05) is 0 Å². The predicted molar refractivity (Wildman–Crippen MR) is 86.1 cm³/mol. The summed E-state index contributed by atoms with van der Waals surface area (Å²) in [6, 6.07) is 14.8. The zero-order valence-corrected chi connectivity index (χ0v) is 12.9. The van der Waals surface area contributed by atoms with Crippen LogP contribution in [0.15, 0.2) is 42.5 Å². The molecular weight excluding hydrogens is 246 g/mol. The highest BCUT2D eigenvalue weighted by Crippen LogP contribution is 2.31. The molecule has 0 aliphatic rings. The van der Waals surface area contributed by atoms with E-state index >= 15 is 0 Å². The van der Waals surface area contributed by atoms with Crippen molar-refractivity contribution in [3.8, 4) is 0 Å². The van der Waals surface area contributed by atoms with Crippen LogP contribution >= 0.6 is 0 Å². The molecule has 0 heterocycles. The van der Waals surface area contributed by atoms with Crippen LogP contribution in [-0.4, -0.2) is 36.8 Å². The average molecular weight is 271 g/mol. The quantitative estimate of drug-likeness (QED) is 0.899. The number of benzene rings is 2. The van der Waals surface area contributed by atoms with Crippen LogP contribution in [0.2, 0.25) is 0 Å². The fourth-order valence-corrected chi connectivity index (χ4v) is 2.82. The molecule has 2 aromatic carbocycles. The molecule has 20 heavy (non-hydrogen) atoms. The predicted octanol–water partition coefficient (Wildman–Crippen LogP) is 3.50. The van der Waals surface area contributed by atoms with Gasteiger partial charge in [-0.1, -0.05) is 56.3 Å². The monoisotopic (exact) mass is 271 g/mol. The van der Waals surface area contributed by atoms with E-state index in [1.165, 1.54) is 16.3 Å². The lowest BCUT2D eigenvalue weighted by molar-refractivity contribution is 0.0853. The van der Waals surface area contributed by atoms with Gasteiger partial charge in [-0.3, -0.25) is 0 Å². The van der Waals surface area contributed by atoms with Crippen LogP contribution in [0.5, 0.6) is 0 Å². The van der Waals surface area contributed by atoms with Gasteiger partial charge in [-0.25, -0.2) is 0 Å². The number of fused-ring (bicyclic) bond motifs is 1. The van der Waals surface area contributed by atoms with E-state index < -0.39 is 0 Å². The lowest BCUT2D eigenvalue weighted by atomic mass is 9.84. The van der Waals surface area contributed by atoms with Crippen LogP contribution in [0, 0.1) is 5.92 Å². The van der Waals surface area contributed by atoms with Gasteiger partial charge in [0.2, 0.25) is 0 Å². The van der Waals surface area contributed by atoms with Crippen molar-refractivity contribution in [3.05, 3.63) is 48.0 Å². The summed E-state index contributed by atoms with van der Waals surface area (Å²) in [5.74, 6) is 0.384. The van der Waals surface area contributed by atoms with Crippen molar-refractivity contribution in [2.75, 3.05) is 20.6 Å². The van der Waals surface area contributed by atoms with Gasteiger partial charge in [-0.15, -0.1) is 0 Å². The van der Waals surface area contributed by atoms with Crippen molar-refractivity contribution in [2.24, 2.45) is 5.92 Å². The second-order valence-electron chi connectivity index (χ2n) is 6.17. The fourth-order valence-electron chi connectivity index (χ4n) is 2.82. The van der Waals surface area contributed by atoms with Crippen LogP contribution in [0.3, 0.4) is 0 Å². The first-order valence-electron chi connectivity index (χ1n) is 7.31. The molecule has 2 atom stereocenters. The number of aliphatic hydroxyl groups is 1. The average Bonchev–Trinajstić information content (AvgIpc) is 2.43. The number of likely N-dealkylation sites (N-methyl/N-ethyl adjacent to an activating group) is 1. The van der Waals surface area contributed by atoms with E-state index in [-0.39, 0.29) is 17.9 Å². The van der Waals surface area contributed by atoms with Gasteiger partial charge in [-0.2, -0.15) is 0 Å². The Bertz CT molecular complexity index is 557. The highest BCUT2D eigenvalue weighted by molar-refractivity contribution is 5.86. The van der Waals surface area contributed by atoms with Gasteiger partial charge in [0.15, 0.2) is 0 Å². The third kappa shape index (κ3) is 3.20. The highest BCUT2D eigenvalue weighted by atomic mass is 16.3. The smallest absolute Gasteiger partial charge is 0.0644 e. The zero-order chi connectivity index (χ0) is 14.7. The number of nitrogens with zero attached hydrogens (tertiary/aromatic N) is 1. The largest absolute Gasteiger partial charge is 0.392 e. The Morgan fingerprint density at radius 3 is 2.30 bits per heavy atom. The zero-order valence-electron chi connectivity index (χ0n) is 12.9. The third-order valence-corrected chi connectivity index (χ3v) is 3.88. The molecule has 2 nitrogen and oxygen atoms in total. The third-order valence-electron chi connectivity index (χ3n) is 3.88. The maximum absolute atomic E-state index is 10.6. The molecule has 2 rings (SSSR count). The first kappa shape index (κ1) is 15.0. The van der Waals surface area contributed by atoms with Crippen molar-refractivity contribution in [1.29, 1.82) is 0 Å². The van der Waals surface area contributed by atoms with Gasteiger partial charge in [-0.05, 0) is 36.3 Å². The topological polar surface area (TPSA) is 23.5 Å². The molecule has 0 spiro atoms. The summed E-state index contributed by atoms with van der Waals surface area (Å²) >= 11 is 0. The van der Waals surface area contributed by atoms with Crippen molar-refractivity contribution in [3.63, 3.8) is 0 Å². The Hall–Kier alpha value is -1.38. The maximum Gasteiger partial charge on any atom is 0.0644 e. The van der Waals surface area contributed by atoms with Crippen molar-refractivity contribution in [2.45, 2.75) is 25.9 Å². The second kappa shape index (κ2) is 6.38. The van der Waals surface area contributed by atoms with Gasteiger partial charge in [0.1, 0.15) is 0 Å². The van der Waals surface area contributed by atoms with Crippen LogP contribution in [0.4, 0.5) is 0 Å². The number of aliphatic hydroxyl groups excluding tert-OH is 1. The number of hydrogen-bond acceptors (Lipinski definition) is 2. The van der Waals surface area contributed by atoms with E-state index in [4.69, 9.17) is 0 Å². The van der Waals surface area contributed by atoms with Crippen molar-refractivity contribution in [1.82, 2.24) is 4.90 Å². The summed E-state index contributed by atoms with van der Waals surface area (Å²) in [7, 11) is 4.12. The Balaban J connectivity index is 2.50. The maximum atomic E-state index is 10.6. The van der Waals surface area contributed by atoms with Gasteiger partial charge < -0.3 is 10.0 Å². The molecule has 0 aliphatic heterocycles. The fraction of sp³-hybridized carbons (Fsp3) is 0.444. The van der Waals surface area contributed by atoms with Crippen LogP contribution in [0.1, 0.15) is 25.3 Å². The summed E-state index contributed by atoms with van der Waals surface area (Å²) in [6.45, 7) is 5.02. The van der Waals surface area contributed by atoms with Crippen molar-refractivity contribution < 1.29 is 5.11 Å². The summed E-state index contributed by atoms with van der Waals surface area (Å²) in [5.41, 5.74) is 1.25. The molecule has 0 aromatic heterocycles. The molecule has 0 saturated carbocycles. The molecule has 0 saturated heterocycles. The minimum atomic E-state index is -0.330. The van der Waals surface area contributed by atoms with E-state index in [2.05, 4.69) is 75.3 Å². The molecule has 0 radical (unpaired) electrons. The Morgan fingerprint density at radius 2 is 1.65 bits per heavy atom. The first-order valence-corrected chi connectivity index (χ1v) is 7.31. The standard InChI is InChI=1S/C18H25NO/c1-13(2)18(20)17(12-19(3)4)16-11-7-9-14-8-5-6-10-15(14)16/h5-11,13,17-18,20H,12H2,1-4H3/t17-,18-/m0/s1. The van der Waals surface area contributed by atoms with E-state index in [1.54, 1.807) is 0 Å². The van der Waals surface area contributed by atoms with Gasteiger partial charge in [0, 0.05) is 12.5 Å².